The smallest absolute Gasteiger partial charge is 0.283 e. The molecule has 5 nitrogen and oxygen atoms in total. The normalized spacial score (nSPS) is 25.7. The molecule has 1 aromatic heterocycles. The van der Waals surface area contributed by atoms with Crippen LogP contribution in [0.25, 0.3) is 16.7 Å². The molecule has 2 aliphatic rings. The summed E-state index contributed by atoms with van der Waals surface area (Å²) < 4.78 is 62.5. The van der Waals surface area contributed by atoms with Gasteiger partial charge in [0.2, 0.25) is 5.69 Å². The van der Waals surface area contributed by atoms with Gasteiger partial charge in [-0.3, -0.25) is 4.98 Å². The number of nitrogens with zero attached hydrogens (tertiary/aromatic N) is 3. The molecule has 148 valence electrons. The highest BCUT2D eigenvalue weighted by Gasteiger charge is 2.64. The van der Waals surface area contributed by atoms with E-state index in [4.69, 9.17) is 17.0 Å². The van der Waals surface area contributed by atoms with E-state index in [1.807, 2.05) is 0 Å². The number of rotatable bonds is 4. The van der Waals surface area contributed by atoms with Gasteiger partial charge in [0, 0.05) is 17.7 Å². The van der Waals surface area contributed by atoms with Gasteiger partial charge in [-0.1, -0.05) is 12.1 Å². The Kier molecular flexibility index (Phi) is 4.49. The number of halogens is 4. The monoisotopic (exact) mass is 402 g/mol. The Morgan fingerprint density at radius 1 is 1.34 bits per heavy atom. The second kappa shape index (κ2) is 6.88. The van der Waals surface area contributed by atoms with Crippen LogP contribution in [0.3, 0.4) is 0 Å². The predicted octanol–water partition coefficient (Wildman–Crippen LogP) is 4.43. The maximum absolute atomic E-state index is 14.6. The molecule has 2 aromatic rings. The van der Waals surface area contributed by atoms with E-state index >= 15 is 0 Å². The van der Waals surface area contributed by atoms with E-state index in [0.717, 1.165) is 18.2 Å². The van der Waals surface area contributed by atoms with Gasteiger partial charge in [0.05, 0.1) is 12.3 Å². The Hall–Kier alpha value is -3.41. The van der Waals surface area contributed by atoms with Gasteiger partial charge >= 0.3 is 0 Å². The van der Waals surface area contributed by atoms with Gasteiger partial charge in [-0.05, 0) is 36.3 Å². The molecule has 1 aliphatic carbocycles. The summed E-state index contributed by atoms with van der Waals surface area (Å²) in [6.07, 6.45) is -1.02. The van der Waals surface area contributed by atoms with Gasteiger partial charge in [0.25, 0.3) is 12.4 Å². The molecule has 0 radical (unpaired) electrons. The van der Waals surface area contributed by atoms with Crippen molar-refractivity contribution in [3.8, 4) is 0 Å². The Morgan fingerprint density at radius 2 is 2.14 bits per heavy atom. The van der Waals surface area contributed by atoms with E-state index in [0.29, 0.717) is 0 Å². The lowest BCUT2D eigenvalue weighted by Crippen LogP contribution is -2.43. The quantitative estimate of drug-likeness (QED) is 0.608. The average molecular weight is 402 g/mol. The molecule has 0 bridgehead atoms. The fourth-order valence-electron chi connectivity index (χ4n) is 3.55. The number of fused-ring (bicyclic) bond motifs is 1. The van der Waals surface area contributed by atoms with Gasteiger partial charge < -0.3 is 10.5 Å². The summed E-state index contributed by atoms with van der Waals surface area (Å²) in [5, 5.41) is 0. The van der Waals surface area contributed by atoms with Gasteiger partial charge in [-0.15, -0.1) is 0 Å². The summed E-state index contributed by atoms with van der Waals surface area (Å²) >= 11 is 0. The highest BCUT2D eigenvalue weighted by molar-refractivity contribution is 5.77. The lowest BCUT2D eigenvalue weighted by atomic mass is 9.84. The van der Waals surface area contributed by atoms with E-state index in [9.17, 15) is 17.6 Å². The number of hydrogen-bond acceptors (Lipinski definition) is 4. The van der Waals surface area contributed by atoms with Gasteiger partial charge in [-0.25, -0.2) is 27.4 Å². The van der Waals surface area contributed by atoms with Crippen molar-refractivity contribution in [2.45, 2.75) is 24.5 Å². The minimum Gasteiger partial charge on any atom is -0.462 e. The van der Waals surface area contributed by atoms with Gasteiger partial charge in [0.15, 0.2) is 5.54 Å². The Labute approximate surface area is 163 Å². The zero-order valence-electron chi connectivity index (χ0n) is 14.8. The minimum absolute atomic E-state index is 0.0394. The SMILES string of the molecule is [C-]#[N+]c1ccc(/C(F)=C/c2ccc(F)c([C@@]3(C(F)F)N=C(N)O[C@@H]4C[C@@H]43)c2)nc1. The minimum atomic E-state index is -3.03. The first-order valence-electron chi connectivity index (χ1n) is 8.66. The summed E-state index contributed by atoms with van der Waals surface area (Å²) in [4.78, 5) is 10.8. The first kappa shape index (κ1) is 18.9. The van der Waals surface area contributed by atoms with Crippen molar-refractivity contribution in [3.05, 3.63) is 70.6 Å². The van der Waals surface area contributed by atoms with Crippen LogP contribution >= 0.6 is 0 Å². The Balaban J connectivity index is 1.76. The summed E-state index contributed by atoms with van der Waals surface area (Å²) in [5.41, 5.74) is 3.38. The lowest BCUT2D eigenvalue weighted by molar-refractivity contribution is 0.0176. The number of pyridine rings is 1. The molecule has 2 heterocycles. The molecular weight excluding hydrogens is 388 g/mol. The highest BCUT2D eigenvalue weighted by atomic mass is 19.3. The molecule has 2 N–H and O–H groups in total. The molecule has 1 aliphatic heterocycles. The predicted molar refractivity (Wildman–Crippen MR) is 98.2 cm³/mol. The number of aliphatic imine (C=N–C) groups is 1. The van der Waals surface area contributed by atoms with Crippen LogP contribution in [0.4, 0.5) is 23.2 Å². The average Bonchev–Trinajstić information content (AvgIpc) is 3.48. The topological polar surface area (TPSA) is 64.9 Å². The number of benzene rings is 1. The molecule has 0 spiro atoms. The van der Waals surface area contributed by atoms with Crippen molar-refractivity contribution in [2.75, 3.05) is 0 Å². The van der Waals surface area contributed by atoms with Crippen molar-refractivity contribution in [1.82, 2.24) is 4.98 Å². The second-order valence-electron chi connectivity index (χ2n) is 6.82. The maximum Gasteiger partial charge on any atom is 0.283 e. The van der Waals surface area contributed by atoms with Crippen LogP contribution in [-0.4, -0.2) is 23.5 Å². The van der Waals surface area contributed by atoms with Crippen LogP contribution in [0.15, 0.2) is 41.5 Å². The van der Waals surface area contributed by atoms with Crippen LogP contribution in [0.1, 0.15) is 23.2 Å². The molecule has 1 saturated carbocycles. The van der Waals surface area contributed by atoms with Crippen molar-refractivity contribution < 1.29 is 22.3 Å². The third-order valence-electron chi connectivity index (χ3n) is 5.03. The van der Waals surface area contributed by atoms with Crippen molar-refractivity contribution in [2.24, 2.45) is 16.6 Å². The summed E-state index contributed by atoms with van der Waals surface area (Å²) in [7, 11) is 0. The summed E-state index contributed by atoms with van der Waals surface area (Å²) in [6, 6.07) is 5.71. The van der Waals surface area contributed by atoms with Gasteiger partial charge in [0.1, 0.15) is 17.7 Å². The Bertz CT molecular complexity index is 1060. The zero-order valence-corrected chi connectivity index (χ0v) is 14.8. The van der Waals surface area contributed by atoms with Crippen LogP contribution in [-0.2, 0) is 10.3 Å². The molecule has 0 unspecified atom stereocenters. The molecule has 0 amide bonds. The standard InChI is InChI=1S/C20H14F4N4O/c1-26-11-3-5-16(27-9-11)15(22)7-10-2-4-14(21)12(6-10)20(18(23)24)13-8-17(13)29-19(25)28-20/h2-7,9,13,17-18H,8H2,(H2,25,28)/b15-7-/t13-,17+,20+/m0/s1. The number of nitrogens with two attached hydrogens (primary N) is 1. The lowest BCUT2D eigenvalue weighted by Gasteiger charge is -2.33. The number of hydrogen-bond donors (Lipinski definition) is 1. The molecular formula is C20H14F4N4O. The van der Waals surface area contributed by atoms with E-state index in [1.54, 1.807) is 0 Å². The summed E-state index contributed by atoms with van der Waals surface area (Å²) in [6.45, 7) is 6.88. The first-order valence-corrected chi connectivity index (χ1v) is 8.66. The second-order valence-corrected chi connectivity index (χ2v) is 6.82. The Morgan fingerprint density at radius 3 is 2.79 bits per heavy atom. The molecule has 3 atom stereocenters. The van der Waals surface area contributed by atoms with Crippen LogP contribution in [0.2, 0.25) is 0 Å². The van der Waals surface area contributed by atoms with E-state index in [-0.39, 0.29) is 28.9 Å². The van der Waals surface area contributed by atoms with E-state index in [2.05, 4.69) is 14.8 Å². The third-order valence-corrected chi connectivity index (χ3v) is 5.03. The fraction of sp³-hybridized carbons (Fsp3) is 0.250. The highest BCUT2D eigenvalue weighted by Crippen LogP contribution is 2.56. The largest absolute Gasteiger partial charge is 0.462 e. The van der Waals surface area contributed by atoms with Crippen LogP contribution in [0, 0.1) is 18.3 Å². The third kappa shape index (κ3) is 3.20. The summed E-state index contributed by atoms with van der Waals surface area (Å²) in [5.74, 6) is -2.35. The van der Waals surface area contributed by atoms with Crippen LogP contribution in [0.5, 0.6) is 0 Å². The van der Waals surface area contributed by atoms with E-state index < -0.39 is 41.7 Å². The number of aromatic nitrogens is 1. The van der Waals surface area contributed by atoms with Crippen molar-refractivity contribution in [3.63, 3.8) is 0 Å². The molecule has 1 aromatic carbocycles. The maximum atomic E-state index is 14.6. The van der Waals surface area contributed by atoms with Crippen molar-refractivity contribution >= 4 is 23.6 Å². The first-order chi connectivity index (χ1) is 13.8. The van der Waals surface area contributed by atoms with Crippen LogP contribution < -0.4 is 5.73 Å². The zero-order chi connectivity index (χ0) is 20.8. The number of alkyl halides is 2. The number of amidine groups is 1. The molecule has 0 saturated heterocycles. The molecule has 1 fully saturated rings. The molecule has 29 heavy (non-hydrogen) atoms. The van der Waals surface area contributed by atoms with E-state index in [1.165, 1.54) is 24.4 Å². The fourth-order valence-corrected chi connectivity index (χ4v) is 3.55. The van der Waals surface area contributed by atoms with Gasteiger partial charge in [-0.2, -0.15) is 0 Å². The molecule has 4 rings (SSSR count). The number of ether oxygens (including phenoxy) is 1. The molecule has 9 heteroatoms. The van der Waals surface area contributed by atoms with Crippen molar-refractivity contribution in [1.29, 1.82) is 0 Å².